The Morgan fingerprint density at radius 2 is 1.78 bits per heavy atom. The summed E-state index contributed by atoms with van der Waals surface area (Å²) in [6.45, 7) is 27.8. The Bertz CT molecular complexity index is 1040. The highest BCUT2D eigenvalue weighted by Crippen LogP contribution is 2.74. The molecule has 0 amide bonds. The Balaban J connectivity index is 1.49. The Morgan fingerprint density at radius 3 is 2.41 bits per heavy atom. The van der Waals surface area contributed by atoms with Gasteiger partial charge in [0, 0.05) is 16.4 Å². The normalized spacial score (nSPS) is 46.7. The van der Waals surface area contributed by atoms with Gasteiger partial charge in [-0.25, -0.2) is 0 Å². The van der Waals surface area contributed by atoms with E-state index < -0.39 is 0 Å². The molecule has 2 N–H and O–H groups in total. The summed E-state index contributed by atoms with van der Waals surface area (Å²) < 4.78 is 13.6. The lowest BCUT2D eigenvalue weighted by atomic mass is 9.36. The topological polar surface area (TPSA) is 44.5 Å². The van der Waals surface area contributed by atoms with Gasteiger partial charge in [-0.1, -0.05) is 86.1 Å². The quantitative estimate of drug-likeness (QED) is 0.297. The lowest BCUT2D eigenvalue weighted by Crippen LogP contribution is -2.65. The van der Waals surface area contributed by atoms with Gasteiger partial charge in [-0.15, -0.1) is 0 Å². The maximum atomic E-state index is 6.83. The molecule has 11 atom stereocenters. The van der Waals surface area contributed by atoms with Gasteiger partial charge in [0.1, 0.15) is 0 Å². The maximum absolute atomic E-state index is 6.83. The van der Waals surface area contributed by atoms with Crippen molar-refractivity contribution < 1.29 is 9.47 Å². The van der Waals surface area contributed by atoms with Crippen LogP contribution in [0.5, 0.6) is 0 Å². The van der Waals surface area contributed by atoms with E-state index in [9.17, 15) is 0 Å². The minimum atomic E-state index is -0.320. The van der Waals surface area contributed by atoms with E-state index in [1.54, 1.807) is 5.57 Å². The first-order valence-electron chi connectivity index (χ1n) is 17.4. The zero-order chi connectivity index (χ0) is 30.2. The molecule has 1 heterocycles. The molecule has 3 heteroatoms. The fourth-order valence-corrected chi connectivity index (χ4v) is 11.1. The van der Waals surface area contributed by atoms with Gasteiger partial charge in [-0.2, -0.15) is 0 Å². The van der Waals surface area contributed by atoms with Crippen LogP contribution in [0.2, 0.25) is 0 Å². The highest BCUT2D eigenvalue weighted by atomic mass is 16.5. The molecule has 1 saturated heterocycles. The van der Waals surface area contributed by atoms with Crippen LogP contribution in [0, 0.1) is 56.7 Å². The average Bonchev–Trinajstić information content (AvgIpc) is 2.91. The first kappa shape index (κ1) is 31.8. The van der Waals surface area contributed by atoms with Gasteiger partial charge in [0.05, 0.1) is 25.4 Å². The van der Waals surface area contributed by atoms with Crippen LogP contribution >= 0.6 is 0 Å². The standard InChI is InChI=1S/C38H65NO2/c1-12-32(41-24-35(10,39)26(4)5)33(8)23-40-28(7)36(11)30-16-19-38-18-13-17-37(22-38,27(6)25(2)3)21-20-34(38,9)29(30)14-15-31(33)36/h13,16,18,25-29,31-32H,12,14-15,17,19-24,39H2,1-11H3/t27-,28?,29?,31?,32?,33+,34?,35+,36-,37+,38+/m1/s1. The van der Waals surface area contributed by atoms with Crippen molar-refractivity contribution in [3.63, 3.8) is 0 Å². The monoisotopic (exact) mass is 568 g/mol. The summed E-state index contributed by atoms with van der Waals surface area (Å²) in [6, 6.07) is 0. The number of fused-ring (bicyclic) bond motifs is 5. The van der Waals surface area contributed by atoms with Gasteiger partial charge in [-0.3, -0.25) is 0 Å². The number of hydrogen-bond acceptors (Lipinski definition) is 3. The minimum Gasteiger partial charge on any atom is -0.377 e. The van der Waals surface area contributed by atoms with E-state index in [2.05, 4.69) is 94.4 Å². The van der Waals surface area contributed by atoms with Crippen LogP contribution < -0.4 is 5.73 Å². The number of nitrogens with two attached hydrogens (primary N) is 1. The minimum absolute atomic E-state index is 0.0237. The molecule has 3 nitrogen and oxygen atoms in total. The molecule has 1 aliphatic heterocycles. The predicted molar refractivity (Wildman–Crippen MR) is 173 cm³/mol. The summed E-state index contributed by atoms with van der Waals surface area (Å²) in [7, 11) is 0. The molecule has 234 valence electrons. The van der Waals surface area contributed by atoms with Crippen molar-refractivity contribution in [2.75, 3.05) is 13.2 Å². The van der Waals surface area contributed by atoms with Crippen LogP contribution in [-0.4, -0.2) is 31.0 Å². The highest BCUT2D eigenvalue weighted by molar-refractivity contribution is 5.36. The summed E-state index contributed by atoms with van der Waals surface area (Å²) in [5.41, 5.74) is 9.25. The molecule has 2 saturated carbocycles. The smallest absolute Gasteiger partial charge is 0.0652 e. The van der Waals surface area contributed by atoms with Crippen molar-refractivity contribution in [3.8, 4) is 0 Å². The zero-order valence-corrected chi connectivity index (χ0v) is 28.7. The third kappa shape index (κ3) is 4.51. The van der Waals surface area contributed by atoms with Crippen molar-refractivity contribution in [1.82, 2.24) is 0 Å². The molecular formula is C38H65NO2. The molecule has 4 aliphatic carbocycles. The second kappa shape index (κ2) is 10.5. The van der Waals surface area contributed by atoms with E-state index in [0.717, 1.165) is 24.9 Å². The first-order chi connectivity index (χ1) is 19.0. The van der Waals surface area contributed by atoms with Crippen molar-refractivity contribution >= 4 is 0 Å². The molecule has 2 bridgehead atoms. The molecule has 0 aromatic heterocycles. The van der Waals surface area contributed by atoms with Gasteiger partial charge in [0.2, 0.25) is 0 Å². The van der Waals surface area contributed by atoms with Gasteiger partial charge in [0.15, 0.2) is 0 Å². The predicted octanol–water partition coefficient (Wildman–Crippen LogP) is 9.36. The summed E-state index contributed by atoms with van der Waals surface area (Å²) in [5, 5.41) is 0. The first-order valence-corrected chi connectivity index (χ1v) is 17.4. The van der Waals surface area contributed by atoms with E-state index in [4.69, 9.17) is 15.2 Å². The fraction of sp³-hybridized carbons (Fsp3) is 0.895. The van der Waals surface area contributed by atoms with Crippen LogP contribution in [0.15, 0.2) is 23.8 Å². The van der Waals surface area contributed by atoms with Gasteiger partial charge < -0.3 is 15.2 Å². The molecule has 1 spiro atoms. The Kier molecular flexibility index (Phi) is 8.12. The summed E-state index contributed by atoms with van der Waals surface area (Å²) in [6.07, 6.45) is 18.7. The average molecular weight is 568 g/mol. The maximum Gasteiger partial charge on any atom is 0.0652 e. The molecular weight excluding hydrogens is 502 g/mol. The van der Waals surface area contributed by atoms with E-state index in [0.29, 0.717) is 40.6 Å². The van der Waals surface area contributed by atoms with Crippen molar-refractivity contribution in [3.05, 3.63) is 23.8 Å². The SMILES string of the molecule is CCC(OC[C@](C)(N)C(C)C)[C@@]1(C)COC(C)[C@]2(C)C3=CC[C@]45C=CC[C@]([C@H](C)C(C)C)(CCC4(C)C3CCC12)C5. The van der Waals surface area contributed by atoms with Crippen LogP contribution in [0.25, 0.3) is 0 Å². The molecule has 5 aliphatic rings. The lowest BCUT2D eigenvalue weighted by Gasteiger charge is -2.69. The van der Waals surface area contributed by atoms with Crippen molar-refractivity contribution in [1.29, 1.82) is 0 Å². The lowest BCUT2D eigenvalue weighted by molar-refractivity contribution is -0.225. The van der Waals surface area contributed by atoms with Gasteiger partial charge in [0.25, 0.3) is 0 Å². The van der Waals surface area contributed by atoms with Gasteiger partial charge in [-0.05, 0) is 111 Å². The molecule has 0 radical (unpaired) electrons. The Morgan fingerprint density at radius 1 is 1.07 bits per heavy atom. The zero-order valence-electron chi connectivity index (χ0n) is 28.7. The summed E-state index contributed by atoms with van der Waals surface area (Å²) in [4.78, 5) is 0. The van der Waals surface area contributed by atoms with Crippen LogP contribution in [0.4, 0.5) is 0 Å². The number of ether oxygens (including phenoxy) is 2. The van der Waals surface area contributed by atoms with Crippen molar-refractivity contribution in [2.24, 2.45) is 62.4 Å². The van der Waals surface area contributed by atoms with E-state index >= 15 is 0 Å². The Hall–Kier alpha value is -0.640. The molecule has 3 fully saturated rings. The van der Waals surface area contributed by atoms with Crippen LogP contribution in [0.3, 0.4) is 0 Å². The Labute approximate surface area is 253 Å². The molecule has 0 aromatic rings. The highest BCUT2D eigenvalue weighted by Gasteiger charge is 2.67. The molecule has 5 unspecified atom stereocenters. The van der Waals surface area contributed by atoms with Gasteiger partial charge >= 0.3 is 0 Å². The van der Waals surface area contributed by atoms with Crippen LogP contribution in [-0.2, 0) is 9.47 Å². The number of allylic oxidation sites excluding steroid dienone is 3. The third-order valence-electron chi connectivity index (χ3n) is 15.1. The van der Waals surface area contributed by atoms with Crippen LogP contribution in [0.1, 0.15) is 128 Å². The second-order valence-electron chi connectivity index (χ2n) is 17.4. The van der Waals surface area contributed by atoms with Crippen molar-refractivity contribution in [2.45, 2.75) is 145 Å². The third-order valence-corrected chi connectivity index (χ3v) is 15.1. The largest absolute Gasteiger partial charge is 0.377 e. The molecule has 0 aromatic carbocycles. The second-order valence-corrected chi connectivity index (χ2v) is 17.4. The van der Waals surface area contributed by atoms with E-state index in [-0.39, 0.29) is 28.6 Å². The summed E-state index contributed by atoms with van der Waals surface area (Å²) in [5.74, 6) is 3.10. The molecule has 41 heavy (non-hydrogen) atoms. The number of hydrogen-bond donors (Lipinski definition) is 1. The van der Waals surface area contributed by atoms with E-state index in [1.807, 2.05) is 0 Å². The van der Waals surface area contributed by atoms with E-state index in [1.165, 1.54) is 44.9 Å². The molecule has 5 rings (SSSR count). The fourth-order valence-electron chi connectivity index (χ4n) is 11.1. The summed E-state index contributed by atoms with van der Waals surface area (Å²) >= 11 is 0. The number of rotatable bonds is 8.